The van der Waals surface area contributed by atoms with Crippen molar-refractivity contribution < 1.29 is 4.74 Å². The van der Waals surface area contributed by atoms with Gasteiger partial charge in [0.1, 0.15) is 0 Å². The molecule has 140 valence electrons. The van der Waals surface area contributed by atoms with Crippen LogP contribution in [0.15, 0.2) is 0 Å². The van der Waals surface area contributed by atoms with Crippen LogP contribution < -0.4 is 0 Å². The van der Waals surface area contributed by atoms with Crippen LogP contribution in [0.5, 0.6) is 0 Å². The summed E-state index contributed by atoms with van der Waals surface area (Å²) in [6.07, 6.45) is 21.9. The van der Waals surface area contributed by atoms with Crippen LogP contribution in [-0.2, 0) is 4.74 Å². The maximum Gasteiger partial charge on any atom is 0.0659 e. The van der Waals surface area contributed by atoms with E-state index in [2.05, 4.69) is 25.6 Å². The molecular formula is C21H44OS. The van der Waals surface area contributed by atoms with Crippen molar-refractivity contribution in [1.82, 2.24) is 0 Å². The summed E-state index contributed by atoms with van der Waals surface area (Å²) in [5.74, 6) is 2.49. The quantitative estimate of drug-likeness (QED) is 0.223. The summed E-state index contributed by atoms with van der Waals surface area (Å²) < 4.78 is 5.40. The van der Waals surface area contributed by atoms with Crippen LogP contribution >= 0.6 is 11.8 Å². The normalized spacial score (nSPS) is 12.7. The Morgan fingerprint density at radius 3 is 1.48 bits per heavy atom. The van der Waals surface area contributed by atoms with E-state index < -0.39 is 0 Å². The molecule has 23 heavy (non-hydrogen) atoms. The van der Waals surface area contributed by atoms with Crippen LogP contribution in [-0.4, -0.2) is 24.7 Å². The third-order valence-electron chi connectivity index (χ3n) is 4.73. The van der Waals surface area contributed by atoms with Gasteiger partial charge in [0.05, 0.1) is 6.10 Å². The van der Waals surface area contributed by atoms with Gasteiger partial charge in [-0.3, -0.25) is 0 Å². The second-order valence-electron chi connectivity index (χ2n) is 6.94. The van der Waals surface area contributed by atoms with E-state index in [-0.39, 0.29) is 0 Å². The molecule has 0 saturated carbocycles. The van der Waals surface area contributed by atoms with Crippen molar-refractivity contribution in [1.29, 1.82) is 0 Å². The van der Waals surface area contributed by atoms with Crippen LogP contribution in [0.3, 0.4) is 0 Å². The van der Waals surface area contributed by atoms with Gasteiger partial charge in [0.25, 0.3) is 0 Å². The predicted molar refractivity (Wildman–Crippen MR) is 109 cm³/mol. The molecule has 1 unspecified atom stereocenters. The molecule has 0 saturated heterocycles. The minimum absolute atomic E-state index is 0.464. The SMILES string of the molecule is CCCCCCCCCCCCCCCCSCC(CC)OC. The second kappa shape index (κ2) is 20.4. The molecule has 0 rings (SSSR count). The van der Waals surface area contributed by atoms with Crippen molar-refractivity contribution in [3.8, 4) is 0 Å². The highest BCUT2D eigenvalue weighted by atomic mass is 32.2. The number of methoxy groups -OCH3 is 1. The van der Waals surface area contributed by atoms with Crippen molar-refractivity contribution in [3.05, 3.63) is 0 Å². The molecule has 0 amide bonds. The van der Waals surface area contributed by atoms with Crippen molar-refractivity contribution in [3.63, 3.8) is 0 Å². The minimum Gasteiger partial charge on any atom is -0.381 e. The Hall–Kier alpha value is 0.310. The number of ether oxygens (including phenoxy) is 1. The fourth-order valence-corrected chi connectivity index (χ4v) is 4.18. The molecule has 0 aromatic carbocycles. The van der Waals surface area contributed by atoms with Gasteiger partial charge in [-0.05, 0) is 18.6 Å². The Kier molecular flexibility index (Phi) is 20.6. The first kappa shape index (κ1) is 23.3. The van der Waals surface area contributed by atoms with Gasteiger partial charge >= 0.3 is 0 Å². The lowest BCUT2D eigenvalue weighted by Gasteiger charge is -2.11. The lowest BCUT2D eigenvalue weighted by atomic mass is 10.0. The van der Waals surface area contributed by atoms with Crippen LogP contribution in [0.4, 0.5) is 0 Å². The van der Waals surface area contributed by atoms with Gasteiger partial charge in [-0.2, -0.15) is 11.8 Å². The monoisotopic (exact) mass is 344 g/mol. The highest BCUT2D eigenvalue weighted by Gasteiger charge is 2.03. The van der Waals surface area contributed by atoms with E-state index in [0.29, 0.717) is 6.10 Å². The van der Waals surface area contributed by atoms with E-state index >= 15 is 0 Å². The number of hydrogen-bond acceptors (Lipinski definition) is 2. The third kappa shape index (κ3) is 18.5. The van der Waals surface area contributed by atoms with Crippen molar-refractivity contribution in [2.75, 3.05) is 18.6 Å². The van der Waals surface area contributed by atoms with Gasteiger partial charge in [-0.25, -0.2) is 0 Å². The van der Waals surface area contributed by atoms with Gasteiger partial charge in [0.15, 0.2) is 0 Å². The third-order valence-corrected chi connectivity index (χ3v) is 5.92. The van der Waals surface area contributed by atoms with Crippen LogP contribution in [0.1, 0.15) is 110 Å². The first-order valence-corrected chi connectivity index (χ1v) is 11.6. The average Bonchev–Trinajstić information content (AvgIpc) is 2.58. The topological polar surface area (TPSA) is 9.23 Å². The highest BCUT2D eigenvalue weighted by molar-refractivity contribution is 7.99. The predicted octanol–water partition coefficient (Wildman–Crippen LogP) is 7.63. The van der Waals surface area contributed by atoms with E-state index in [1.807, 2.05) is 7.11 Å². The lowest BCUT2D eigenvalue weighted by molar-refractivity contribution is 0.119. The fourth-order valence-electron chi connectivity index (χ4n) is 2.97. The van der Waals surface area contributed by atoms with E-state index in [0.717, 1.165) is 6.42 Å². The molecular weight excluding hydrogens is 300 g/mol. The second-order valence-corrected chi connectivity index (χ2v) is 8.09. The van der Waals surface area contributed by atoms with Gasteiger partial charge in [-0.15, -0.1) is 0 Å². The maximum absolute atomic E-state index is 5.40. The molecule has 0 aliphatic rings. The summed E-state index contributed by atoms with van der Waals surface area (Å²) in [5.41, 5.74) is 0. The molecule has 0 aliphatic heterocycles. The zero-order valence-corrected chi connectivity index (χ0v) is 17.2. The average molecular weight is 345 g/mol. The Bertz CT molecular complexity index is 204. The smallest absolute Gasteiger partial charge is 0.0659 e. The fraction of sp³-hybridized carbons (Fsp3) is 1.00. The molecule has 0 aromatic heterocycles. The summed E-state index contributed by atoms with van der Waals surface area (Å²) in [6, 6.07) is 0. The van der Waals surface area contributed by atoms with Crippen LogP contribution in [0, 0.1) is 0 Å². The zero-order chi connectivity index (χ0) is 17.0. The zero-order valence-electron chi connectivity index (χ0n) is 16.4. The van der Waals surface area contributed by atoms with E-state index in [9.17, 15) is 0 Å². The maximum atomic E-state index is 5.40. The number of thioether (sulfide) groups is 1. The summed E-state index contributed by atoms with van der Waals surface area (Å²) in [5, 5.41) is 0. The molecule has 0 bridgehead atoms. The summed E-state index contributed by atoms with van der Waals surface area (Å²) in [7, 11) is 1.83. The van der Waals surface area contributed by atoms with E-state index in [1.165, 1.54) is 101 Å². The van der Waals surface area contributed by atoms with Crippen LogP contribution in [0.2, 0.25) is 0 Å². The van der Waals surface area contributed by atoms with Crippen molar-refractivity contribution in [2.24, 2.45) is 0 Å². The minimum atomic E-state index is 0.464. The van der Waals surface area contributed by atoms with Crippen molar-refractivity contribution >= 4 is 11.8 Å². The molecule has 0 radical (unpaired) electrons. The van der Waals surface area contributed by atoms with Gasteiger partial charge < -0.3 is 4.74 Å². The van der Waals surface area contributed by atoms with Gasteiger partial charge in [0, 0.05) is 12.9 Å². The number of unbranched alkanes of at least 4 members (excludes halogenated alkanes) is 13. The highest BCUT2D eigenvalue weighted by Crippen LogP contribution is 2.15. The molecule has 0 aliphatic carbocycles. The molecule has 1 atom stereocenters. The summed E-state index contributed by atoms with van der Waals surface area (Å²) >= 11 is 2.07. The standard InChI is InChI=1S/C21H44OS/c1-4-6-7-8-9-10-11-12-13-14-15-16-17-18-19-23-20-21(5-2)22-3/h21H,4-20H2,1-3H3. The Labute approximate surface area is 151 Å². The molecule has 1 nitrogen and oxygen atoms in total. The van der Waals surface area contributed by atoms with Gasteiger partial charge in [-0.1, -0.05) is 97.3 Å². The molecule has 2 heteroatoms. The molecule has 0 heterocycles. The molecule has 0 aromatic rings. The Balaban J connectivity index is 3.02. The summed E-state index contributed by atoms with van der Waals surface area (Å²) in [6.45, 7) is 4.50. The summed E-state index contributed by atoms with van der Waals surface area (Å²) in [4.78, 5) is 0. The van der Waals surface area contributed by atoms with Crippen LogP contribution in [0.25, 0.3) is 0 Å². The van der Waals surface area contributed by atoms with Gasteiger partial charge in [0.2, 0.25) is 0 Å². The lowest BCUT2D eigenvalue weighted by Crippen LogP contribution is -2.12. The number of hydrogen-bond donors (Lipinski definition) is 0. The molecule has 0 spiro atoms. The number of rotatable bonds is 19. The molecule has 0 N–H and O–H groups in total. The Morgan fingerprint density at radius 1 is 0.652 bits per heavy atom. The van der Waals surface area contributed by atoms with Crippen molar-refractivity contribution in [2.45, 2.75) is 116 Å². The first-order valence-electron chi connectivity index (χ1n) is 10.5. The Morgan fingerprint density at radius 2 is 1.09 bits per heavy atom. The van der Waals surface area contributed by atoms with E-state index in [4.69, 9.17) is 4.74 Å². The first-order chi connectivity index (χ1) is 11.3. The molecule has 0 fully saturated rings. The van der Waals surface area contributed by atoms with E-state index in [1.54, 1.807) is 0 Å². The largest absolute Gasteiger partial charge is 0.381 e.